The van der Waals surface area contributed by atoms with E-state index in [1.807, 2.05) is 32.9 Å². The Bertz CT molecular complexity index is 443. The van der Waals surface area contributed by atoms with Crippen LogP contribution in [-0.4, -0.2) is 18.2 Å². The van der Waals surface area contributed by atoms with E-state index in [2.05, 4.69) is 26.1 Å². The predicted octanol–water partition coefficient (Wildman–Crippen LogP) is 4.84. The van der Waals surface area contributed by atoms with Gasteiger partial charge in [0.15, 0.2) is 11.5 Å². The summed E-state index contributed by atoms with van der Waals surface area (Å²) in [7, 11) is 0. The van der Waals surface area contributed by atoms with Gasteiger partial charge in [-0.2, -0.15) is 0 Å². The van der Waals surface area contributed by atoms with Crippen LogP contribution in [0.1, 0.15) is 47.1 Å². The Morgan fingerprint density at radius 3 is 2.29 bits per heavy atom. The van der Waals surface area contributed by atoms with E-state index in [0.29, 0.717) is 23.9 Å². The highest BCUT2D eigenvalue weighted by atomic mass is 35.5. The average molecular weight is 336 g/mol. The highest BCUT2D eigenvalue weighted by molar-refractivity contribution is 6.31. The van der Waals surface area contributed by atoms with Crippen LogP contribution in [0.3, 0.4) is 0 Å². The molecule has 21 heavy (non-hydrogen) atoms. The van der Waals surface area contributed by atoms with Crippen molar-refractivity contribution in [1.82, 2.24) is 5.32 Å². The normalized spacial score (nSPS) is 11.2. The van der Waals surface area contributed by atoms with E-state index in [4.69, 9.17) is 21.1 Å². The van der Waals surface area contributed by atoms with Crippen molar-refractivity contribution in [2.75, 3.05) is 6.61 Å². The third kappa shape index (κ3) is 7.25. The molecule has 0 radical (unpaired) electrons. The van der Waals surface area contributed by atoms with Crippen LogP contribution in [0.4, 0.5) is 0 Å². The van der Waals surface area contributed by atoms with Crippen LogP contribution in [0.25, 0.3) is 0 Å². The Hall–Kier alpha value is -0.640. The van der Waals surface area contributed by atoms with E-state index in [1.165, 1.54) is 0 Å². The van der Waals surface area contributed by atoms with Gasteiger partial charge in [0.05, 0.1) is 12.7 Å². The molecular weight excluding hydrogens is 309 g/mol. The van der Waals surface area contributed by atoms with Crippen molar-refractivity contribution in [2.24, 2.45) is 0 Å². The summed E-state index contributed by atoms with van der Waals surface area (Å²) in [6, 6.07) is 3.80. The van der Waals surface area contributed by atoms with E-state index < -0.39 is 0 Å². The summed E-state index contributed by atoms with van der Waals surface area (Å²) in [5.41, 5.74) is 1.06. The lowest BCUT2D eigenvalue weighted by Gasteiger charge is -2.22. The molecule has 0 amide bonds. The monoisotopic (exact) mass is 335 g/mol. The number of ether oxygens (including phenoxy) is 2. The number of hydrogen-bond acceptors (Lipinski definition) is 3. The summed E-state index contributed by atoms with van der Waals surface area (Å²) in [6.07, 6.45) is 0.0869. The van der Waals surface area contributed by atoms with Gasteiger partial charge in [0.25, 0.3) is 0 Å². The fraction of sp³-hybridized carbons (Fsp3) is 0.625. The zero-order valence-electron chi connectivity index (χ0n) is 13.7. The molecule has 0 aromatic heterocycles. The van der Waals surface area contributed by atoms with Gasteiger partial charge >= 0.3 is 0 Å². The molecule has 122 valence electrons. The summed E-state index contributed by atoms with van der Waals surface area (Å²) in [4.78, 5) is 0. The van der Waals surface area contributed by atoms with Crippen molar-refractivity contribution < 1.29 is 9.47 Å². The number of nitrogens with one attached hydrogen (secondary N) is 1. The molecule has 0 unspecified atom stereocenters. The molecule has 0 fully saturated rings. The van der Waals surface area contributed by atoms with E-state index in [9.17, 15) is 0 Å². The molecule has 1 aromatic carbocycles. The second-order valence-corrected chi connectivity index (χ2v) is 6.50. The molecule has 0 atom stereocenters. The van der Waals surface area contributed by atoms with Crippen LogP contribution in [0.5, 0.6) is 11.5 Å². The van der Waals surface area contributed by atoms with E-state index in [0.717, 1.165) is 11.3 Å². The minimum Gasteiger partial charge on any atom is -0.490 e. The van der Waals surface area contributed by atoms with E-state index in [1.54, 1.807) is 0 Å². The zero-order valence-corrected chi connectivity index (χ0v) is 15.3. The predicted molar refractivity (Wildman–Crippen MR) is 92.2 cm³/mol. The number of benzene rings is 1. The van der Waals surface area contributed by atoms with Gasteiger partial charge in [-0.3, -0.25) is 0 Å². The van der Waals surface area contributed by atoms with E-state index >= 15 is 0 Å². The quantitative estimate of drug-likeness (QED) is 0.807. The molecule has 0 spiro atoms. The van der Waals surface area contributed by atoms with Crippen LogP contribution in [0.2, 0.25) is 5.02 Å². The zero-order chi connectivity index (χ0) is 15.3. The lowest BCUT2D eigenvalue weighted by Crippen LogP contribution is -2.35. The van der Waals surface area contributed by atoms with Gasteiger partial charge in [-0.05, 0) is 53.2 Å². The Kier molecular flexibility index (Phi) is 8.45. The maximum Gasteiger partial charge on any atom is 0.163 e. The Balaban J connectivity index is 0.00000400. The average Bonchev–Trinajstić information content (AvgIpc) is 2.29. The molecule has 0 aliphatic rings. The van der Waals surface area contributed by atoms with Gasteiger partial charge in [0.1, 0.15) is 0 Å². The van der Waals surface area contributed by atoms with Crippen LogP contribution >= 0.6 is 24.0 Å². The Morgan fingerprint density at radius 1 is 1.19 bits per heavy atom. The van der Waals surface area contributed by atoms with Crippen LogP contribution < -0.4 is 14.8 Å². The Morgan fingerprint density at radius 2 is 1.81 bits per heavy atom. The second kappa shape index (κ2) is 8.72. The largest absolute Gasteiger partial charge is 0.490 e. The summed E-state index contributed by atoms with van der Waals surface area (Å²) >= 11 is 6.34. The molecule has 3 nitrogen and oxygen atoms in total. The van der Waals surface area contributed by atoms with Crippen LogP contribution in [-0.2, 0) is 6.54 Å². The third-order valence-electron chi connectivity index (χ3n) is 2.58. The van der Waals surface area contributed by atoms with Gasteiger partial charge in [-0.25, -0.2) is 0 Å². The molecule has 5 heteroatoms. The minimum atomic E-state index is 0. The highest BCUT2D eigenvalue weighted by Crippen LogP contribution is 2.34. The van der Waals surface area contributed by atoms with E-state index in [-0.39, 0.29) is 24.0 Å². The van der Waals surface area contributed by atoms with Gasteiger partial charge < -0.3 is 14.8 Å². The number of hydrogen-bond donors (Lipinski definition) is 1. The van der Waals surface area contributed by atoms with Crippen molar-refractivity contribution in [1.29, 1.82) is 0 Å². The molecule has 0 bridgehead atoms. The fourth-order valence-corrected chi connectivity index (χ4v) is 1.91. The number of halogens is 2. The fourth-order valence-electron chi connectivity index (χ4n) is 1.69. The van der Waals surface area contributed by atoms with Gasteiger partial charge in [0.2, 0.25) is 0 Å². The second-order valence-electron chi connectivity index (χ2n) is 6.09. The topological polar surface area (TPSA) is 30.5 Å². The highest BCUT2D eigenvalue weighted by Gasteiger charge is 2.14. The van der Waals surface area contributed by atoms with Crippen LogP contribution in [0.15, 0.2) is 12.1 Å². The van der Waals surface area contributed by atoms with Crippen molar-refractivity contribution >= 4 is 24.0 Å². The molecule has 0 aliphatic carbocycles. The molecule has 1 rings (SSSR count). The molecule has 0 saturated carbocycles. The van der Waals surface area contributed by atoms with Crippen molar-refractivity contribution in [2.45, 2.75) is 59.7 Å². The molecule has 0 saturated heterocycles. The lowest BCUT2D eigenvalue weighted by molar-refractivity contribution is 0.223. The third-order valence-corrected chi connectivity index (χ3v) is 2.94. The molecule has 1 aromatic rings. The Labute approximate surface area is 139 Å². The van der Waals surface area contributed by atoms with Crippen LogP contribution in [0, 0.1) is 0 Å². The first kappa shape index (κ1) is 20.4. The van der Waals surface area contributed by atoms with Gasteiger partial charge in [0, 0.05) is 23.2 Å². The van der Waals surface area contributed by atoms with Crippen molar-refractivity contribution in [3.05, 3.63) is 22.7 Å². The summed E-state index contributed by atoms with van der Waals surface area (Å²) < 4.78 is 11.4. The minimum absolute atomic E-state index is 0. The molecule has 0 heterocycles. The van der Waals surface area contributed by atoms with Crippen molar-refractivity contribution in [3.63, 3.8) is 0 Å². The van der Waals surface area contributed by atoms with Gasteiger partial charge in [-0.15, -0.1) is 12.4 Å². The lowest BCUT2D eigenvalue weighted by atomic mass is 10.1. The first-order valence-corrected chi connectivity index (χ1v) is 7.47. The maximum absolute atomic E-state index is 6.34. The smallest absolute Gasteiger partial charge is 0.163 e. The van der Waals surface area contributed by atoms with Gasteiger partial charge in [-0.1, -0.05) is 11.6 Å². The molecule has 1 N–H and O–H groups in total. The summed E-state index contributed by atoms with van der Waals surface area (Å²) in [6.45, 7) is 13.6. The van der Waals surface area contributed by atoms with Crippen molar-refractivity contribution in [3.8, 4) is 11.5 Å². The maximum atomic E-state index is 6.34. The molecule has 0 aliphatic heterocycles. The summed E-state index contributed by atoms with van der Waals surface area (Å²) in [5.74, 6) is 1.45. The summed E-state index contributed by atoms with van der Waals surface area (Å²) in [5, 5.41) is 4.12. The SMILES string of the molecule is CCOc1cc(CNC(C)(C)C)c(Cl)cc1OC(C)C.Cl. The number of rotatable bonds is 6. The molecular formula is C16H27Cl2NO2. The standard InChI is InChI=1S/C16H26ClNO2.ClH/c1-7-19-14-8-12(10-18-16(4,5)6)13(17)9-15(14)20-11(2)3;/h8-9,11,18H,7,10H2,1-6H3;1H. The first-order chi connectivity index (χ1) is 9.23. The first-order valence-electron chi connectivity index (χ1n) is 7.10.